The Hall–Kier alpha value is -1.35. The molecule has 27 heavy (non-hydrogen) atoms. The van der Waals surface area contributed by atoms with Gasteiger partial charge in [0.25, 0.3) is 0 Å². The number of hydrogen-bond acceptors (Lipinski definition) is 2. The van der Waals surface area contributed by atoms with Crippen LogP contribution in [-0.2, 0) is 10.2 Å². The lowest BCUT2D eigenvalue weighted by molar-refractivity contribution is -0.171. The van der Waals surface area contributed by atoms with Gasteiger partial charge >= 0.3 is 0 Å². The van der Waals surface area contributed by atoms with Crippen LogP contribution in [0.1, 0.15) is 63.9 Å². The summed E-state index contributed by atoms with van der Waals surface area (Å²) >= 11 is 0. The van der Waals surface area contributed by atoms with Crippen molar-refractivity contribution in [1.82, 2.24) is 10.2 Å². The van der Waals surface area contributed by atoms with Crippen LogP contribution in [0.3, 0.4) is 0 Å². The summed E-state index contributed by atoms with van der Waals surface area (Å²) in [5, 5.41) is 3.44. The first-order valence-electron chi connectivity index (χ1n) is 11.0. The molecule has 4 saturated carbocycles. The predicted octanol–water partition coefficient (Wildman–Crippen LogP) is 4.13. The van der Waals surface area contributed by atoms with E-state index in [-0.39, 0.29) is 10.8 Å². The van der Waals surface area contributed by atoms with Crippen molar-refractivity contribution in [3.8, 4) is 0 Å². The van der Waals surface area contributed by atoms with Gasteiger partial charge in [-0.2, -0.15) is 0 Å². The van der Waals surface area contributed by atoms with E-state index in [1.807, 2.05) is 0 Å². The molecule has 3 nitrogen and oxygen atoms in total. The summed E-state index contributed by atoms with van der Waals surface area (Å²) < 4.78 is 0. The van der Waals surface area contributed by atoms with Crippen LogP contribution in [0.2, 0.25) is 0 Å². The molecular formula is C24H34N2O. The lowest BCUT2D eigenvalue weighted by atomic mass is 9.38. The zero-order chi connectivity index (χ0) is 18.7. The van der Waals surface area contributed by atoms with Crippen molar-refractivity contribution in [2.75, 3.05) is 20.1 Å². The molecule has 1 aromatic rings. The molecule has 1 aliphatic heterocycles. The van der Waals surface area contributed by atoms with Gasteiger partial charge < -0.3 is 10.2 Å². The molecule has 1 aromatic carbocycles. The third kappa shape index (κ3) is 2.76. The van der Waals surface area contributed by atoms with Crippen LogP contribution in [-0.4, -0.2) is 37.0 Å². The van der Waals surface area contributed by atoms with Gasteiger partial charge in [0.15, 0.2) is 0 Å². The molecule has 1 heterocycles. The van der Waals surface area contributed by atoms with Gasteiger partial charge in [-0.05, 0) is 86.8 Å². The average molecular weight is 367 g/mol. The SMILES string of the molecule is CN(C(=O)C12CC3CC(C)(C1)CC(c1ccccc1)(C3)C2)C1CCNCC1. The fourth-order valence-corrected chi connectivity index (χ4v) is 8.01. The Balaban J connectivity index is 1.50. The quantitative estimate of drug-likeness (QED) is 0.872. The number of rotatable bonds is 3. The summed E-state index contributed by atoms with van der Waals surface area (Å²) in [5.41, 5.74) is 1.92. The topological polar surface area (TPSA) is 32.3 Å². The van der Waals surface area contributed by atoms with Gasteiger partial charge in [-0.25, -0.2) is 0 Å². The third-order valence-electron chi connectivity index (χ3n) is 8.36. The number of hydrogen-bond donors (Lipinski definition) is 1. The van der Waals surface area contributed by atoms with Crippen molar-refractivity contribution < 1.29 is 4.79 Å². The minimum atomic E-state index is -0.121. The van der Waals surface area contributed by atoms with Crippen LogP contribution in [0.25, 0.3) is 0 Å². The van der Waals surface area contributed by atoms with E-state index in [2.05, 4.69) is 54.5 Å². The first-order chi connectivity index (χ1) is 12.9. The summed E-state index contributed by atoms with van der Waals surface area (Å²) in [6.45, 7) is 4.56. The van der Waals surface area contributed by atoms with Crippen molar-refractivity contribution >= 4 is 5.91 Å². The number of carbonyl (C=O) groups is 1. The normalized spacial score (nSPS) is 40.9. The minimum Gasteiger partial charge on any atom is -0.342 e. The number of nitrogens with one attached hydrogen (secondary N) is 1. The second-order valence-corrected chi connectivity index (χ2v) is 10.6. The Labute approximate surface area is 163 Å². The highest BCUT2D eigenvalue weighted by Gasteiger charge is 2.65. The van der Waals surface area contributed by atoms with Crippen molar-refractivity contribution in [3.05, 3.63) is 35.9 Å². The number of amides is 1. The standard InChI is InChI=1S/C24H34N2O/c1-22-12-18-13-23(15-22,19-6-4-3-5-7-19)17-24(14-18,16-22)21(27)26(2)20-8-10-25-11-9-20/h3-7,18,20,25H,8-17H2,1-2H3. The van der Waals surface area contributed by atoms with Crippen LogP contribution in [0.5, 0.6) is 0 Å². The molecule has 0 spiro atoms. The molecule has 5 aliphatic rings. The Kier molecular flexibility index (Phi) is 3.99. The summed E-state index contributed by atoms with van der Waals surface area (Å²) in [4.78, 5) is 16.1. The molecule has 6 rings (SSSR count). The minimum absolute atomic E-state index is 0.121. The second kappa shape index (κ2) is 6.07. The molecule has 4 unspecified atom stereocenters. The highest BCUT2D eigenvalue weighted by Crippen LogP contribution is 2.70. The van der Waals surface area contributed by atoms with Crippen molar-refractivity contribution in [2.24, 2.45) is 16.7 Å². The maximum atomic E-state index is 13.9. The average Bonchev–Trinajstić information content (AvgIpc) is 2.66. The molecule has 4 aliphatic carbocycles. The van der Waals surface area contributed by atoms with E-state index in [1.165, 1.54) is 24.8 Å². The lowest BCUT2D eigenvalue weighted by Gasteiger charge is -2.66. The molecule has 4 atom stereocenters. The first kappa shape index (κ1) is 17.7. The molecule has 5 fully saturated rings. The van der Waals surface area contributed by atoms with Crippen LogP contribution < -0.4 is 5.32 Å². The van der Waals surface area contributed by atoms with Gasteiger partial charge in [0, 0.05) is 13.1 Å². The Bertz CT molecular complexity index is 727. The predicted molar refractivity (Wildman–Crippen MR) is 109 cm³/mol. The Morgan fingerprint density at radius 3 is 2.48 bits per heavy atom. The molecule has 146 valence electrons. The van der Waals surface area contributed by atoms with Crippen molar-refractivity contribution in [1.29, 1.82) is 0 Å². The van der Waals surface area contributed by atoms with Crippen LogP contribution in [0, 0.1) is 16.7 Å². The molecule has 1 saturated heterocycles. The van der Waals surface area contributed by atoms with E-state index in [0.29, 0.717) is 17.4 Å². The fourth-order valence-electron chi connectivity index (χ4n) is 8.01. The highest BCUT2D eigenvalue weighted by atomic mass is 16.2. The summed E-state index contributed by atoms with van der Waals surface area (Å²) in [5.74, 6) is 1.18. The largest absolute Gasteiger partial charge is 0.342 e. The molecule has 4 bridgehead atoms. The number of nitrogens with zero attached hydrogens (tertiary/aromatic N) is 1. The molecule has 0 radical (unpaired) electrons. The van der Waals surface area contributed by atoms with Crippen molar-refractivity contribution in [2.45, 2.75) is 69.7 Å². The summed E-state index contributed by atoms with van der Waals surface area (Å²) in [7, 11) is 2.09. The first-order valence-corrected chi connectivity index (χ1v) is 11.0. The number of benzene rings is 1. The van der Waals surface area contributed by atoms with Crippen LogP contribution in [0.4, 0.5) is 0 Å². The van der Waals surface area contributed by atoms with Crippen LogP contribution >= 0.6 is 0 Å². The third-order valence-corrected chi connectivity index (χ3v) is 8.36. The van der Waals surface area contributed by atoms with Gasteiger partial charge in [0.05, 0.1) is 5.41 Å². The molecule has 1 amide bonds. The van der Waals surface area contributed by atoms with Gasteiger partial charge in [0.1, 0.15) is 0 Å². The number of piperidine rings is 1. The summed E-state index contributed by atoms with van der Waals surface area (Å²) in [6, 6.07) is 11.6. The molecule has 1 N–H and O–H groups in total. The fraction of sp³-hybridized carbons (Fsp3) is 0.708. The maximum Gasteiger partial charge on any atom is 0.228 e. The molecule has 0 aromatic heterocycles. The van der Waals surface area contributed by atoms with Gasteiger partial charge in [-0.15, -0.1) is 0 Å². The van der Waals surface area contributed by atoms with E-state index >= 15 is 0 Å². The zero-order valence-electron chi connectivity index (χ0n) is 17.0. The lowest BCUT2D eigenvalue weighted by Crippen LogP contribution is -2.63. The second-order valence-electron chi connectivity index (χ2n) is 10.6. The van der Waals surface area contributed by atoms with E-state index in [9.17, 15) is 4.79 Å². The van der Waals surface area contributed by atoms with Gasteiger partial charge in [0.2, 0.25) is 5.91 Å². The van der Waals surface area contributed by atoms with E-state index < -0.39 is 0 Å². The smallest absolute Gasteiger partial charge is 0.228 e. The molecule has 3 heteroatoms. The Morgan fingerprint density at radius 1 is 1.04 bits per heavy atom. The zero-order valence-corrected chi connectivity index (χ0v) is 17.0. The maximum absolute atomic E-state index is 13.9. The van der Waals surface area contributed by atoms with E-state index in [4.69, 9.17) is 0 Å². The molecular weight excluding hydrogens is 332 g/mol. The number of carbonyl (C=O) groups excluding carboxylic acids is 1. The van der Waals surface area contributed by atoms with Gasteiger partial charge in [-0.3, -0.25) is 4.79 Å². The Morgan fingerprint density at radius 2 is 1.78 bits per heavy atom. The highest BCUT2D eigenvalue weighted by molar-refractivity contribution is 5.84. The van der Waals surface area contributed by atoms with Crippen LogP contribution in [0.15, 0.2) is 30.3 Å². The summed E-state index contributed by atoms with van der Waals surface area (Å²) in [6.07, 6.45) is 9.40. The van der Waals surface area contributed by atoms with E-state index in [1.54, 1.807) is 0 Å². The van der Waals surface area contributed by atoms with E-state index in [0.717, 1.165) is 51.1 Å². The monoisotopic (exact) mass is 366 g/mol. The van der Waals surface area contributed by atoms with Crippen molar-refractivity contribution in [3.63, 3.8) is 0 Å². The van der Waals surface area contributed by atoms with Gasteiger partial charge in [-0.1, -0.05) is 37.3 Å².